The van der Waals surface area contributed by atoms with E-state index in [1.54, 1.807) is 17.5 Å². The number of nitrogens with one attached hydrogen (secondary N) is 2. The first-order valence-corrected chi connectivity index (χ1v) is 7.06. The van der Waals surface area contributed by atoms with Gasteiger partial charge in [-0.15, -0.1) is 11.3 Å². The molecule has 0 unspecified atom stereocenters. The van der Waals surface area contributed by atoms with Gasteiger partial charge >= 0.3 is 0 Å². The summed E-state index contributed by atoms with van der Waals surface area (Å²) in [7, 11) is 0. The van der Waals surface area contributed by atoms with Gasteiger partial charge < -0.3 is 10.6 Å². The van der Waals surface area contributed by atoms with Crippen molar-refractivity contribution in [1.82, 2.24) is 10.3 Å². The molecule has 2 rings (SSSR count). The van der Waals surface area contributed by atoms with E-state index in [0.29, 0.717) is 12.6 Å². The summed E-state index contributed by atoms with van der Waals surface area (Å²) in [5.74, 6) is -0.0370. The van der Waals surface area contributed by atoms with E-state index in [4.69, 9.17) is 0 Å². The number of amides is 1. The van der Waals surface area contributed by atoms with E-state index in [0.717, 1.165) is 16.3 Å². The first-order chi connectivity index (χ1) is 9.15. The Bertz CT molecular complexity index is 537. The van der Waals surface area contributed by atoms with E-state index in [1.165, 1.54) is 0 Å². The van der Waals surface area contributed by atoms with Gasteiger partial charge in [0, 0.05) is 28.9 Å². The third-order valence-electron chi connectivity index (χ3n) is 2.50. The largest absolute Gasteiger partial charge is 0.325 e. The van der Waals surface area contributed by atoms with Crippen LogP contribution >= 0.6 is 11.3 Å². The highest BCUT2D eigenvalue weighted by Gasteiger charge is 2.05. The average Bonchev–Trinajstić information content (AvgIpc) is 2.90. The summed E-state index contributed by atoms with van der Waals surface area (Å²) in [5.41, 5.74) is 1.81. The number of thiazole rings is 1. The van der Waals surface area contributed by atoms with Crippen LogP contribution in [0.2, 0.25) is 0 Å². The van der Waals surface area contributed by atoms with Crippen molar-refractivity contribution in [2.24, 2.45) is 0 Å². The summed E-state index contributed by atoms with van der Waals surface area (Å²) in [6, 6.07) is 8.02. The van der Waals surface area contributed by atoms with Gasteiger partial charge in [0.1, 0.15) is 5.01 Å². The minimum Gasteiger partial charge on any atom is -0.325 e. The Labute approximate surface area is 116 Å². The molecule has 0 aliphatic carbocycles. The number of benzene rings is 1. The predicted octanol–water partition coefficient (Wildman–Crippen LogP) is 2.75. The Morgan fingerprint density at radius 2 is 2.26 bits per heavy atom. The summed E-state index contributed by atoms with van der Waals surface area (Å²) in [4.78, 5) is 16.0. The number of hydrogen-bond donors (Lipinski definition) is 2. The van der Waals surface area contributed by atoms with Crippen molar-refractivity contribution in [2.45, 2.75) is 19.9 Å². The molecule has 5 heteroatoms. The van der Waals surface area contributed by atoms with E-state index < -0.39 is 0 Å². The fraction of sp³-hybridized carbons (Fsp3) is 0.286. The van der Waals surface area contributed by atoms with Crippen molar-refractivity contribution in [3.8, 4) is 10.6 Å². The van der Waals surface area contributed by atoms with Crippen LogP contribution in [-0.4, -0.2) is 23.5 Å². The third-order valence-corrected chi connectivity index (χ3v) is 3.32. The maximum absolute atomic E-state index is 11.7. The predicted molar refractivity (Wildman–Crippen MR) is 79.3 cm³/mol. The third kappa shape index (κ3) is 4.15. The Balaban J connectivity index is 2.01. The molecule has 1 aromatic carbocycles. The quantitative estimate of drug-likeness (QED) is 0.882. The fourth-order valence-electron chi connectivity index (χ4n) is 1.60. The van der Waals surface area contributed by atoms with Crippen molar-refractivity contribution >= 4 is 22.9 Å². The Kier molecular flexibility index (Phi) is 4.65. The van der Waals surface area contributed by atoms with Crippen LogP contribution in [0.1, 0.15) is 13.8 Å². The van der Waals surface area contributed by atoms with Crippen molar-refractivity contribution in [1.29, 1.82) is 0 Å². The number of anilines is 1. The van der Waals surface area contributed by atoms with Crippen LogP contribution < -0.4 is 10.6 Å². The lowest BCUT2D eigenvalue weighted by Crippen LogP contribution is -2.32. The Hall–Kier alpha value is -1.72. The molecule has 0 saturated carbocycles. The van der Waals surface area contributed by atoms with Crippen LogP contribution in [0.15, 0.2) is 35.8 Å². The molecule has 0 saturated heterocycles. The van der Waals surface area contributed by atoms with Crippen LogP contribution in [-0.2, 0) is 4.79 Å². The van der Waals surface area contributed by atoms with Crippen LogP contribution in [0.3, 0.4) is 0 Å². The Morgan fingerprint density at radius 3 is 2.95 bits per heavy atom. The van der Waals surface area contributed by atoms with Crippen molar-refractivity contribution in [3.63, 3.8) is 0 Å². The lowest BCUT2D eigenvalue weighted by Gasteiger charge is -2.09. The van der Waals surface area contributed by atoms with Gasteiger partial charge in [0.2, 0.25) is 5.91 Å². The number of nitrogens with zero attached hydrogens (tertiary/aromatic N) is 1. The second-order valence-electron chi connectivity index (χ2n) is 4.50. The van der Waals surface area contributed by atoms with E-state index >= 15 is 0 Å². The van der Waals surface area contributed by atoms with E-state index in [9.17, 15) is 4.79 Å². The van der Waals surface area contributed by atoms with Crippen LogP contribution in [0, 0.1) is 0 Å². The smallest absolute Gasteiger partial charge is 0.238 e. The van der Waals surface area contributed by atoms with Gasteiger partial charge in [-0.25, -0.2) is 4.98 Å². The lowest BCUT2D eigenvalue weighted by atomic mass is 10.2. The molecule has 2 aromatic rings. The fourth-order valence-corrected chi connectivity index (χ4v) is 2.23. The topological polar surface area (TPSA) is 54.0 Å². The number of hydrogen-bond acceptors (Lipinski definition) is 4. The monoisotopic (exact) mass is 275 g/mol. The van der Waals surface area contributed by atoms with Crippen molar-refractivity contribution in [3.05, 3.63) is 35.8 Å². The van der Waals surface area contributed by atoms with E-state index in [2.05, 4.69) is 15.6 Å². The van der Waals surface area contributed by atoms with Crippen molar-refractivity contribution in [2.75, 3.05) is 11.9 Å². The second kappa shape index (κ2) is 6.45. The van der Waals surface area contributed by atoms with E-state index in [1.807, 2.05) is 43.5 Å². The summed E-state index contributed by atoms with van der Waals surface area (Å²) in [6.45, 7) is 4.34. The lowest BCUT2D eigenvalue weighted by molar-refractivity contribution is -0.115. The van der Waals surface area contributed by atoms with Gasteiger partial charge in [-0.2, -0.15) is 0 Å². The molecule has 2 N–H and O–H groups in total. The maximum Gasteiger partial charge on any atom is 0.238 e. The highest BCUT2D eigenvalue weighted by molar-refractivity contribution is 7.13. The maximum atomic E-state index is 11.7. The van der Waals surface area contributed by atoms with Crippen molar-refractivity contribution < 1.29 is 4.79 Å². The minimum atomic E-state index is -0.0370. The molecule has 1 aromatic heterocycles. The first-order valence-electron chi connectivity index (χ1n) is 6.18. The van der Waals surface area contributed by atoms with Gasteiger partial charge in [0.05, 0.1) is 6.54 Å². The molecule has 1 amide bonds. The van der Waals surface area contributed by atoms with Crippen LogP contribution in [0.25, 0.3) is 10.6 Å². The zero-order chi connectivity index (χ0) is 13.7. The molecule has 0 fully saturated rings. The molecular formula is C14H17N3OS. The average molecular weight is 275 g/mol. The Morgan fingerprint density at radius 1 is 1.42 bits per heavy atom. The standard InChI is InChI=1S/C14H17N3OS/c1-10(2)16-9-13(18)17-12-5-3-4-11(8-12)14-15-6-7-19-14/h3-8,10,16H,9H2,1-2H3,(H,17,18). The molecule has 100 valence electrons. The normalized spacial score (nSPS) is 10.7. The summed E-state index contributed by atoms with van der Waals surface area (Å²) in [5, 5.41) is 8.85. The second-order valence-corrected chi connectivity index (χ2v) is 5.40. The van der Waals surface area contributed by atoms with Gasteiger partial charge in [-0.05, 0) is 12.1 Å². The SMILES string of the molecule is CC(C)NCC(=O)Nc1cccc(-c2nccs2)c1. The van der Waals surface area contributed by atoms with E-state index in [-0.39, 0.29) is 5.91 Å². The van der Waals surface area contributed by atoms with Gasteiger partial charge in [-0.3, -0.25) is 4.79 Å². The molecular weight excluding hydrogens is 258 g/mol. The summed E-state index contributed by atoms with van der Waals surface area (Å²) in [6.07, 6.45) is 1.78. The van der Waals surface area contributed by atoms with Crippen LogP contribution in [0.5, 0.6) is 0 Å². The number of aromatic nitrogens is 1. The number of carbonyl (C=O) groups is 1. The minimum absolute atomic E-state index is 0.0370. The first kappa shape index (κ1) is 13.7. The number of carbonyl (C=O) groups excluding carboxylic acids is 1. The molecule has 1 heterocycles. The molecule has 0 aliphatic rings. The van der Waals surface area contributed by atoms with Gasteiger partial charge in [0.25, 0.3) is 0 Å². The molecule has 0 aliphatic heterocycles. The summed E-state index contributed by atoms with van der Waals surface area (Å²) < 4.78 is 0. The van der Waals surface area contributed by atoms with Gasteiger partial charge in [0.15, 0.2) is 0 Å². The highest BCUT2D eigenvalue weighted by atomic mass is 32.1. The zero-order valence-corrected chi connectivity index (χ0v) is 11.8. The zero-order valence-electron chi connectivity index (χ0n) is 11.0. The van der Waals surface area contributed by atoms with Gasteiger partial charge in [-0.1, -0.05) is 26.0 Å². The molecule has 0 radical (unpaired) electrons. The van der Waals surface area contributed by atoms with Crippen LogP contribution in [0.4, 0.5) is 5.69 Å². The molecule has 0 bridgehead atoms. The highest BCUT2D eigenvalue weighted by Crippen LogP contribution is 2.24. The molecule has 19 heavy (non-hydrogen) atoms. The number of rotatable bonds is 5. The molecule has 0 spiro atoms. The molecule has 0 atom stereocenters. The summed E-state index contributed by atoms with van der Waals surface area (Å²) >= 11 is 1.58. The molecule has 4 nitrogen and oxygen atoms in total.